The molecule has 1 atom stereocenters. The molecule has 0 amide bonds. The standard InChI is InChI=1S/C11H14N2O3/c1-8(14)11(4-6-16-10(11)15)7-9-3-5-13(2)12-9/h3,5H,4,6-7H2,1-2H3. The topological polar surface area (TPSA) is 61.2 Å². The van der Waals surface area contributed by atoms with E-state index in [-0.39, 0.29) is 5.78 Å². The van der Waals surface area contributed by atoms with Crippen molar-refractivity contribution in [3.05, 3.63) is 18.0 Å². The van der Waals surface area contributed by atoms with Gasteiger partial charge in [-0.2, -0.15) is 5.10 Å². The molecule has 1 fully saturated rings. The van der Waals surface area contributed by atoms with Crippen LogP contribution < -0.4 is 0 Å². The van der Waals surface area contributed by atoms with E-state index in [0.717, 1.165) is 5.69 Å². The Morgan fingerprint density at radius 3 is 2.88 bits per heavy atom. The summed E-state index contributed by atoms with van der Waals surface area (Å²) in [6, 6.07) is 1.82. The van der Waals surface area contributed by atoms with Gasteiger partial charge in [-0.1, -0.05) is 0 Å². The fourth-order valence-electron chi connectivity index (χ4n) is 2.03. The van der Waals surface area contributed by atoms with Crippen LogP contribution in [-0.2, 0) is 27.8 Å². The Labute approximate surface area is 93.4 Å². The molecule has 0 N–H and O–H groups in total. The first-order valence-corrected chi connectivity index (χ1v) is 5.21. The summed E-state index contributed by atoms with van der Waals surface area (Å²) in [7, 11) is 1.80. The smallest absolute Gasteiger partial charge is 0.320 e. The lowest BCUT2D eigenvalue weighted by molar-refractivity contribution is -0.150. The third-order valence-electron chi connectivity index (χ3n) is 3.08. The van der Waals surface area contributed by atoms with Crippen molar-refractivity contribution in [3.63, 3.8) is 0 Å². The molecule has 5 heteroatoms. The molecule has 1 aliphatic heterocycles. The Kier molecular flexibility index (Phi) is 2.53. The van der Waals surface area contributed by atoms with Crippen LogP contribution in [0.5, 0.6) is 0 Å². The van der Waals surface area contributed by atoms with Crippen molar-refractivity contribution < 1.29 is 14.3 Å². The zero-order valence-electron chi connectivity index (χ0n) is 9.40. The number of aromatic nitrogens is 2. The Morgan fingerprint density at radius 2 is 2.44 bits per heavy atom. The average molecular weight is 222 g/mol. The number of esters is 1. The third-order valence-corrected chi connectivity index (χ3v) is 3.08. The molecule has 0 aliphatic carbocycles. The normalized spacial score (nSPS) is 24.5. The third kappa shape index (κ3) is 1.62. The van der Waals surface area contributed by atoms with E-state index in [2.05, 4.69) is 5.10 Å². The lowest BCUT2D eigenvalue weighted by Crippen LogP contribution is -2.36. The van der Waals surface area contributed by atoms with Crippen LogP contribution in [0.2, 0.25) is 0 Å². The van der Waals surface area contributed by atoms with E-state index in [9.17, 15) is 9.59 Å². The second kappa shape index (κ2) is 3.73. The van der Waals surface area contributed by atoms with E-state index in [1.54, 1.807) is 17.9 Å². The van der Waals surface area contributed by atoms with Gasteiger partial charge in [-0.15, -0.1) is 0 Å². The molecule has 1 aliphatic rings. The molecule has 0 spiro atoms. The van der Waals surface area contributed by atoms with Gasteiger partial charge in [-0.25, -0.2) is 0 Å². The van der Waals surface area contributed by atoms with E-state index < -0.39 is 11.4 Å². The number of carbonyl (C=O) groups is 2. The van der Waals surface area contributed by atoms with Gasteiger partial charge >= 0.3 is 5.97 Å². The molecular weight excluding hydrogens is 208 g/mol. The highest BCUT2D eigenvalue weighted by Gasteiger charge is 2.49. The molecule has 1 unspecified atom stereocenters. The van der Waals surface area contributed by atoms with Gasteiger partial charge in [0.1, 0.15) is 11.2 Å². The number of hydrogen-bond acceptors (Lipinski definition) is 4. The van der Waals surface area contributed by atoms with E-state index in [0.29, 0.717) is 19.4 Å². The lowest BCUT2D eigenvalue weighted by Gasteiger charge is -2.19. The second-order valence-corrected chi connectivity index (χ2v) is 4.18. The highest BCUT2D eigenvalue weighted by atomic mass is 16.5. The van der Waals surface area contributed by atoms with Crippen LogP contribution in [0.15, 0.2) is 12.3 Å². The van der Waals surface area contributed by atoms with Crippen LogP contribution in [0.3, 0.4) is 0 Å². The lowest BCUT2D eigenvalue weighted by atomic mass is 9.78. The van der Waals surface area contributed by atoms with Crippen LogP contribution in [0, 0.1) is 5.41 Å². The van der Waals surface area contributed by atoms with Gasteiger partial charge in [0.05, 0.1) is 12.3 Å². The zero-order chi connectivity index (χ0) is 11.8. The number of hydrogen-bond donors (Lipinski definition) is 0. The quantitative estimate of drug-likeness (QED) is 0.551. The van der Waals surface area contributed by atoms with E-state index in [4.69, 9.17) is 4.74 Å². The molecular formula is C11H14N2O3. The number of ether oxygens (including phenoxy) is 1. The van der Waals surface area contributed by atoms with Gasteiger partial charge < -0.3 is 4.74 Å². The molecule has 5 nitrogen and oxygen atoms in total. The van der Waals surface area contributed by atoms with Crippen molar-refractivity contribution in [1.29, 1.82) is 0 Å². The minimum atomic E-state index is -1.01. The largest absolute Gasteiger partial charge is 0.465 e. The molecule has 16 heavy (non-hydrogen) atoms. The summed E-state index contributed by atoms with van der Waals surface area (Å²) in [5, 5.41) is 4.19. The van der Waals surface area contributed by atoms with E-state index >= 15 is 0 Å². The molecule has 0 radical (unpaired) electrons. The zero-order valence-corrected chi connectivity index (χ0v) is 9.40. The minimum absolute atomic E-state index is 0.138. The highest BCUT2D eigenvalue weighted by molar-refractivity contribution is 6.03. The van der Waals surface area contributed by atoms with Crippen LogP contribution >= 0.6 is 0 Å². The average Bonchev–Trinajstić information content (AvgIpc) is 2.76. The maximum Gasteiger partial charge on any atom is 0.320 e. The predicted octanol–water partition coefficient (Wildman–Crippen LogP) is 0.485. The molecule has 2 rings (SSSR count). The fraction of sp³-hybridized carbons (Fsp3) is 0.545. The van der Waals surface area contributed by atoms with Crippen molar-refractivity contribution in [1.82, 2.24) is 9.78 Å². The molecule has 0 bridgehead atoms. The summed E-state index contributed by atoms with van der Waals surface area (Å²) in [5.74, 6) is -0.550. The van der Waals surface area contributed by atoms with Gasteiger partial charge in [-0.05, 0) is 13.0 Å². The first-order valence-electron chi connectivity index (χ1n) is 5.21. The number of aryl methyl sites for hydroxylation is 1. The number of cyclic esters (lactones) is 1. The second-order valence-electron chi connectivity index (χ2n) is 4.18. The fourth-order valence-corrected chi connectivity index (χ4v) is 2.03. The molecule has 0 saturated carbocycles. The Morgan fingerprint density at radius 1 is 1.69 bits per heavy atom. The number of carbonyl (C=O) groups excluding carboxylic acids is 2. The summed E-state index contributed by atoms with van der Waals surface area (Å²) in [5.41, 5.74) is -0.259. The molecule has 0 aromatic carbocycles. The molecule has 1 aromatic rings. The number of rotatable bonds is 3. The number of nitrogens with zero attached hydrogens (tertiary/aromatic N) is 2. The van der Waals surface area contributed by atoms with E-state index in [1.807, 2.05) is 6.07 Å². The van der Waals surface area contributed by atoms with Gasteiger partial charge in [-0.3, -0.25) is 14.3 Å². The van der Waals surface area contributed by atoms with Gasteiger partial charge in [0.25, 0.3) is 0 Å². The Hall–Kier alpha value is -1.65. The molecule has 1 aromatic heterocycles. The Bertz CT molecular complexity index is 438. The van der Waals surface area contributed by atoms with Crippen molar-refractivity contribution in [2.24, 2.45) is 12.5 Å². The SMILES string of the molecule is CC(=O)C1(Cc2ccn(C)n2)CCOC1=O. The van der Waals surface area contributed by atoms with Crippen LogP contribution in [0.25, 0.3) is 0 Å². The number of ketones is 1. The van der Waals surface area contributed by atoms with Crippen molar-refractivity contribution >= 4 is 11.8 Å². The van der Waals surface area contributed by atoms with Gasteiger partial charge in [0.15, 0.2) is 0 Å². The minimum Gasteiger partial charge on any atom is -0.465 e. The summed E-state index contributed by atoms with van der Waals surface area (Å²) in [6.45, 7) is 1.76. The van der Waals surface area contributed by atoms with Gasteiger partial charge in [0, 0.05) is 26.1 Å². The van der Waals surface area contributed by atoms with Crippen LogP contribution in [0.1, 0.15) is 19.0 Å². The predicted molar refractivity (Wildman–Crippen MR) is 55.6 cm³/mol. The van der Waals surface area contributed by atoms with Crippen molar-refractivity contribution in [3.8, 4) is 0 Å². The van der Waals surface area contributed by atoms with Crippen molar-refractivity contribution in [2.45, 2.75) is 19.8 Å². The van der Waals surface area contributed by atoms with E-state index in [1.165, 1.54) is 6.92 Å². The highest BCUT2D eigenvalue weighted by Crippen LogP contribution is 2.34. The van der Waals surface area contributed by atoms with Gasteiger partial charge in [0.2, 0.25) is 0 Å². The maximum atomic E-state index is 11.7. The summed E-state index contributed by atoms with van der Waals surface area (Å²) < 4.78 is 6.57. The Balaban J connectivity index is 2.28. The summed E-state index contributed by atoms with van der Waals surface area (Å²) in [6.07, 6.45) is 2.59. The summed E-state index contributed by atoms with van der Waals surface area (Å²) >= 11 is 0. The summed E-state index contributed by atoms with van der Waals surface area (Å²) in [4.78, 5) is 23.3. The first-order chi connectivity index (χ1) is 7.54. The number of Topliss-reactive ketones (excluding diaryl/α,β-unsaturated/α-hetero) is 1. The molecule has 86 valence electrons. The molecule has 1 saturated heterocycles. The van der Waals surface area contributed by atoms with Crippen LogP contribution in [-0.4, -0.2) is 28.1 Å². The maximum absolute atomic E-state index is 11.7. The monoisotopic (exact) mass is 222 g/mol. The van der Waals surface area contributed by atoms with Crippen molar-refractivity contribution in [2.75, 3.05) is 6.61 Å². The molecule has 2 heterocycles. The first kappa shape index (κ1) is 10.9. The van der Waals surface area contributed by atoms with Crippen LogP contribution in [0.4, 0.5) is 0 Å².